The Bertz CT molecular complexity index is 566. The molecule has 0 aliphatic heterocycles. The van der Waals surface area contributed by atoms with Crippen LogP contribution in [0, 0.1) is 5.92 Å². The van der Waals surface area contributed by atoms with Gasteiger partial charge in [-0.3, -0.25) is 4.79 Å². The molecular weight excluding hydrogens is 286 g/mol. The summed E-state index contributed by atoms with van der Waals surface area (Å²) in [5.41, 5.74) is 0.740. The van der Waals surface area contributed by atoms with Crippen LogP contribution in [-0.4, -0.2) is 37.2 Å². The third kappa shape index (κ3) is 4.80. The van der Waals surface area contributed by atoms with Gasteiger partial charge in [-0.1, -0.05) is 19.9 Å². The molecule has 22 heavy (non-hydrogen) atoms. The van der Waals surface area contributed by atoms with Crippen LogP contribution in [-0.2, 0) is 9.59 Å². The number of ether oxygens (including phenoxy) is 2. The first kappa shape index (κ1) is 17.6. The zero-order valence-electron chi connectivity index (χ0n) is 13.1. The number of benzene rings is 1. The van der Waals surface area contributed by atoms with Crippen molar-refractivity contribution in [1.82, 2.24) is 5.32 Å². The van der Waals surface area contributed by atoms with Gasteiger partial charge in [0.2, 0.25) is 5.91 Å². The van der Waals surface area contributed by atoms with Gasteiger partial charge in [-0.15, -0.1) is 0 Å². The number of nitrogens with one attached hydrogen (secondary N) is 1. The number of carboxylic acids is 1. The van der Waals surface area contributed by atoms with Gasteiger partial charge in [-0.05, 0) is 29.7 Å². The summed E-state index contributed by atoms with van der Waals surface area (Å²) >= 11 is 0. The van der Waals surface area contributed by atoms with Gasteiger partial charge in [0.15, 0.2) is 11.5 Å². The molecule has 0 radical (unpaired) electrons. The van der Waals surface area contributed by atoms with Crippen LogP contribution < -0.4 is 14.8 Å². The lowest BCUT2D eigenvalue weighted by Gasteiger charge is -2.16. The molecule has 0 saturated heterocycles. The summed E-state index contributed by atoms with van der Waals surface area (Å²) in [6.07, 6.45) is 2.87. The Balaban J connectivity index is 2.79. The number of aliphatic carboxylic acids is 1. The van der Waals surface area contributed by atoms with E-state index in [2.05, 4.69) is 5.32 Å². The first-order valence-corrected chi connectivity index (χ1v) is 6.82. The van der Waals surface area contributed by atoms with Crippen molar-refractivity contribution in [2.45, 2.75) is 19.9 Å². The highest BCUT2D eigenvalue weighted by Crippen LogP contribution is 2.27. The molecule has 1 atom stereocenters. The van der Waals surface area contributed by atoms with Gasteiger partial charge in [0.25, 0.3) is 0 Å². The average molecular weight is 307 g/mol. The summed E-state index contributed by atoms with van der Waals surface area (Å²) in [6, 6.07) is 4.30. The fraction of sp³-hybridized carbons (Fsp3) is 0.375. The molecule has 1 unspecified atom stereocenters. The van der Waals surface area contributed by atoms with Crippen molar-refractivity contribution in [2.75, 3.05) is 14.2 Å². The molecule has 0 saturated carbocycles. The first-order valence-electron chi connectivity index (χ1n) is 6.82. The van der Waals surface area contributed by atoms with Crippen LogP contribution in [0.3, 0.4) is 0 Å². The van der Waals surface area contributed by atoms with Crippen molar-refractivity contribution in [3.63, 3.8) is 0 Å². The molecule has 0 aliphatic carbocycles. The normalized spacial score (nSPS) is 12.2. The van der Waals surface area contributed by atoms with Crippen molar-refractivity contribution in [2.24, 2.45) is 5.92 Å². The molecule has 0 aromatic heterocycles. The maximum Gasteiger partial charge on any atom is 0.326 e. The standard InChI is InChI=1S/C16H21NO5/c1-10(2)15(16(19)20)17-14(18)8-6-11-5-7-12(21-3)13(9-11)22-4/h5-10,15H,1-4H3,(H,17,18)(H,19,20)/b8-6+. The van der Waals surface area contributed by atoms with Crippen LogP contribution in [0.15, 0.2) is 24.3 Å². The molecule has 2 N–H and O–H groups in total. The van der Waals surface area contributed by atoms with Crippen LogP contribution >= 0.6 is 0 Å². The Morgan fingerprint density at radius 2 is 1.82 bits per heavy atom. The highest BCUT2D eigenvalue weighted by atomic mass is 16.5. The van der Waals surface area contributed by atoms with Crippen molar-refractivity contribution >= 4 is 18.0 Å². The molecule has 1 rings (SSSR count). The first-order chi connectivity index (χ1) is 10.4. The van der Waals surface area contributed by atoms with Crippen molar-refractivity contribution in [3.05, 3.63) is 29.8 Å². The fourth-order valence-electron chi connectivity index (χ4n) is 1.84. The Labute approximate surface area is 129 Å². The van der Waals surface area contributed by atoms with Crippen LogP contribution in [0.2, 0.25) is 0 Å². The Kier molecular flexibility index (Phi) is 6.44. The van der Waals surface area contributed by atoms with Gasteiger partial charge in [0.05, 0.1) is 14.2 Å². The second-order valence-corrected chi connectivity index (χ2v) is 5.02. The van der Waals surface area contributed by atoms with Crippen LogP contribution in [0.1, 0.15) is 19.4 Å². The van der Waals surface area contributed by atoms with Crippen molar-refractivity contribution in [1.29, 1.82) is 0 Å². The molecule has 1 aromatic rings. The van der Waals surface area contributed by atoms with E-state index in [1.54, 1.807) is 45.2 Å². The van der Waals surface area contributed by atoms with Crippen LogP contribution in [0.4, 0.5) is 0 Å². The van der Waals surface area contributed by atoms with Crippen molar-refractivity contribution < 1.29 is 24.2 Å². The van der Waals surface area contributed by atoms with Crippen molar-refractivity contribution in [3.8, 4) is 11.5 Å². The fourth-order valence-corrected chi connectivity index (χ4v) is 1.84. The molecule has 120 valence electrons. The monoisotopic (exact) mass is 307 g/mol. The number of carboxylic acid groups (broad SMARTS) is 1. The third-order valence-electron chi connectivity index (χ3n) is 3.07. The number of hydrogen-bond donors (Lipinski definition) is 2. The summed E-state index contributed by atoms with van der Waals surface area (Å²) in [4.78, 5) is 22.8. The number of methoxy groups -OCH3 is 2. The Morgan fingerprint density at radius 3 is 2.32 bits per heavy atom. The van der Waals surface area contributed by atoms with E-state index in [-0.39, 0.29) is 5.92 Å². The van der Waals surface area contributed by atoms with E-state index in [1.807, 2.05) is 0 Å². The predicted molar refractivity (Wildman–Crippen MR) is 83.0 cm³/mol. The zero-order valence-corrected chi connectivity index (χ0v) is 13.1. The van der Waals surface area contributed by atoms with E-state index in [0.29, 0.717) is 11.5 Å². The lowest BCUT2D eigenvalue weighted by molar-refractivity contribution is -0.142. The lowest BCUT2D eigenvalue weighted by atomic mass is 10.0. The smallest absolute Gasteiger partial charge is 0.326 e. The van der Waals surface area contributed by atoms with E-state index in [1.165, 1.54) is 13.2 Å². The van der Waals surface area contributed by atoms with Crippen LogP contribution in [0.25, 0.3) is 6.08 Å². The lowest BCUT2D eigenvalue weighted by Crippen LogP contribution is -2.43. The SMILES string of the molecule is COc1ccc(/C=C/C(=O)NC(C(=O)O)C(C)C)cc1OC. The van der Waals surface area contributed by atoms with Gasteiger partial charge >= 0.3 is 5.97 Å². The second kappa shape index (κ2) is 8.07. The molecular formula is C16H21NO5. The Morgan fingerprint density at radius 1 is 1.18 bits per heavy atom. The van der Waals surface area contributed by atoms with Gasteiger partial charge in [0, 0.05) is 6.08 Å². The molecule has 0 spiro atoms. The van der Waals surface area contributed by atoms with Gasteiger partial charge in [0.1, 0.15) is 6.04 Å². The summed E-state index contributed by atoms with van der Waals surface area (Å²) in [7, 11) is 3.07. The maximum atomic E-state index is 11.8. The number of hydrogen-bond acceptors (Lipinski definition) is 4. The number of rotatable bonds is 7. The molecule has 0 heterocycles. The minimum atomic E-state index is -1.05. The van der Waals surface area contributed by atoms with Gasteiger partial charge < -0.3 is 19.9 Å². The minimum Gasteiger partial charge on any atom is -0.493 e. The predicted octanol–water partition coefficient (Wildman–Crippen LogP) is 1.94. The molecule has 0 fully saturated rings. The quantitative estimate of drug-likeness (QED) is 0.752. The summed E-state index contributed by atoms with van der Waals surface area (Å²) in [5.74, 6) is -0.569. The van der Waals surface area contributed by atoms with Crippen LogP contribution in [0.5, 0.6) is 11.5 Å². The van der Waals surface area contributed by atoms with E-state index in [0.717, 1.165) is 5.56 Å². The number of carbonyl (C=O) groups is 2. The maximum absolute atomic E-state index is 11.8. The zero-order chi connectivity index (χ0) is 16.7. The number of amides is 1. The highest BCUT2D eigenvalue weighted by molar-refractivity contribution is 5.94. The summed E-state index contributed by atoms with van der Waals surface area (Å²) in [5, 5.41) is 11.5. The molecule has 0 aliphatic rings. The van der Waals surface area contributed by atoms with E-state index in [4.69, 9.17) is 14.6 Å². The van der Waals surface area contributed by atoms with E-state index >= 15 is 0 Å². The Hall–Kier alpha value is -2.50. The molecule has 6 heteroatoms. The largest absolute Gasteiger partial charge is 0.493 e. The summed E-state index contributed by atoms with van der Waals surface area (Å²) < 4.78 is 10.3. The van der Waals surface area contributed by atoms with Gasteiger partial charge in [-0.2, -0.15) is 0 Å². The topological polar surface area (TPSA) is 84.9 Å². The molecule has 0 bridgehead atoms. The molecule has 1 amide bonds. The number of carbonyl (C=O) groups excluding carboxylic acids is 1. The van der Waals surface area contributed by atoms with Gasteiger partial charge in [-0.25, -0.2) is 4.79 Å². The average Bonchev–Trinajstić information content (AvgIpc) is 2.49. The second-order valence-electron chi connectivity index (χ2n) is 5.02. The molecule has 1 aromatic carbocycles. The summed E-state index contributed by atoms with van der Waals surface area (Å²) in [6.45, 7) is 3.47. The third-order valence-corrected chi connectivity index (χ3v) is 3.07. The molecule has 6 nitrogen and oxygen atoms in total. The van der Waals surface area contributed by atoms with E-state index < -0.39 is 17.9 Å². The minimum absolute atomic E-state index is 0.198. The van der Waals surface area contributed by atoms with E-state index in [9.17, 15) is 9.59 Å². The highest BCUT2D eigenvalue weighted by Gasteiger charge is 2.22.